The smallest absolute Gasteiger partial charge is 0.180 e. The summed E-state index contributed by atoms with van der Waals surface area (Å²) in [4.78, 5) is 0.351. The lowest BCUT2D eigenvalue weighted by molar-refractivity contribution is 0.183. The molecule has 0 aliphatic rings. The van der Waals surface area contributed by atoms with Gasteiger partial charge in [0.05, 0.1) is 22.4 Å². The highest BCUT2D eigenvalue weighted by Crippen LogP contribution is 2.21. The number of hydrogen-bond donors (Lipinski definition) is 2. The Kier molecular flexibility index (Phi) is 5.62. The van der Waals surface area contributed by atoms with Gasteiger partial charge in [-0.15, -0.1) is 0 Å². The van der Waals surface area contributed by atoms with E-state index in [0.29, 0.717) is 23.5 Å². The molecule has 0 aliphatic carbocycles. The fourth-order valence-corrected chi connectivity index (χ4v) is 2.73. The molecule has 0 saturated heterocycles. The van der Waals surface area contributed by atoms with Crippen LogP contribution >= 0.6 is 0 Å². The monoisotopic (exact) mass is 271 g/mol. The number of aliphatic hydroxyl groups excluding tert-OH is 1. The topological polar surface area (TPSA) is 66.4 Å². The Morgan fingerprint density at radius 3 is 2.61 bits per heavy atom. The quantitative estimate of drug-likeness (QED) is 0.745. The van der Waals surface area contributed by atoms with Crippen molar-refractivity contribution < 1.29 is 13.5 Å². The van der Waals surface area contributed by atoms with Gasteiger partial charge in [0.2, 0.25) is 0 Å². The number of sulfone groups is 1. The first-order valence-electron chi connectivity index (χ1n) is 6.21. The maximum atomic E-state index is 11.9. The number of anilines is 1. The average molecular weight is 271 g/mol. The molecule has 0 aliphatic heterocycles. The lowest BCUT2D eigenvalue weighted by Gasteiger charge is -2.12. The molecule has 0 bridgehead atoms. The number of rotatable bonds is 7. The molecule has 1 unspecified atom stereocenters. The lowest BCUT2D eigenvalue weighted by Crippen LogP contribution is -2.11. The van der Waals surface area contributed by atoms with E-state index in [2.05, 4.69) is 5.32 Å². The van der Waals surface area contributed by atoms with Gasteiger partial charge in [-0.05, 0) is 31.9 Å². The molecule has 1 atom stereocenters. The van der Waals surface area contributed by atoms with Crippen LogP contribution in [-0.2, 0) is 9.84 Å². The van der Waals surface area contributed by atoms with Gasteiger partial charge in [-0.1, -0.05) is 19.1 Å². The van der Waals surface area contributed by atoms with Crippen molar-refractivity contribution in [1.29, 1.82) is 0 Å². The zero-order valence-corrected chi connectivity index (χ0v) is 11.7. The van der Waals surface area contributed by atoms with Crippen LogP contribution in [0.1, 0.15) is 26.7 Å². The molecule has 1 aromatic carbocycles. The van der Waals surface area contributed by atoms with Gasteiger partial charge in [-0.25, -0.2) is 8.42 Å². The maximum Gasteiger partial charge on any atom is 0.180 e. The van der Waals surface area contributed by atoms with Crippen molar-refractivity contribution in [3.8, 4) is 0 Å². The van der Waals surface area contributed by atoms with Crippen LogP contribution in [0.5, 0.6) is 0 Å². The number of nitrogens with one attached hydrogen (secondary N) is 1. The van der Waals surface area contributed by atoms with E-state index >= 15 is 0 Å². The Labute approximate surface area is 109 Å². The van der Waals surface area contributed by atoms with Crippen LogP contribution in [0.2, 0.25) is 0 Å². The van der Waals surface area contributed by atoms with Crippen molar-refractivity contribution in [3.63, 3.8) is 0 Å². The third-order valence-corrected chi connectivity index (χ3v) is 4.50. The minimum Gasteiger partial charge on any atom is -0.393 e. The molecule has 2 N–H and O–H groups in total. The van der Waals surface area contributed by atoms with Gasteiger partial charge in [0, 0.05) is 6.54 Å². The Balaban J connectivity index is 2.72. The summed E-state index contributed by atoms with van der Waals surface area (Å²) < 4.78 is 23.8. The molecule has 0 saturated carbocycles. The number of hydrogen-bond acceptors (Lipinski definition) is 4. The maximum absolute atomic E-state index is 11.9. The normalized spacial score (nSPS) is 13.3. The van der Waals surface area contributed by atoms with Gasteiger partial charge in [0.25, 0.3) is 0 Å². The second kappa shape index (κ2) is 6.75. The molecule has 0 spiro atoms. The minimum atomic E-state index is -3.19. The Morgan fingerprint density at radius 1 is 1.33 bits per heavy atom. The molecule has 102 valence electrons. The highest BCUT2D eigenvalue weighted by atomic mass is 32.2. The summed E-state index contributed by atoms with van der Waals surface area (Å²) in [6.07, 6.45) is 1.19. The standard InChI is InChI=1S/C13H21NO3S/c1-3-18(16,17)13-9-5-4-8-12(13)14-10-6-7-11(2)15/h4-5,8-9,11,14-15H,3,6-7,10H2,1-2H3. The highest BCUT2D eigenvalue weighted by molar-refractivity contribution is 7.91. The number of benzene rings is 1. The first-order valence-corrected chi connectivity index (χ1v) is 7.86. The van der Waals surface area contributed by atoms with Gasteiger partial charge < -0.3 is 10.4 Å². The molecule has 0 heterocycles. The molecule has 1 aromatic rings. The molecule has 0 radical (unpaired) electrons. The van der Waals surface area contributed by atoms with Crippen molar-refractivity contribution in [3.05, 3.63) is 24.3 Å². The van der Waals surface area contributed by atoms with Gasteiger partial charge in [-0.2, -0.15) is 0 Å². The Hall–Kier alpha value is -1.07. The van der Waals surface area contributed by atoms with Crippen molar-refractivity contribution in [2.24, 2.45) is 0 Å². The zero-order valence-electron chi connectivity index (χ0n) is 10.9. The fraction of sp³-hybridized carbons (Fsp3) is 0.538. The minimum absolute atomic E-state index is 0.0966. The molecule has 5 heteroatoms. The predicted octanol–water partition coefficient (Wildman–Crippen LogP) is 2.05. The van der Waals surface area contributed by atoms with E-state index in [1.165, 1.54) is 0 Å². The van der Waals surface area contributed by atoms with E-state index in [0.717, 1.165) is 6.42 Å². The summed E-state index contributed by atoms with van der Waals surface area (Å²) >= 11 is 0. The predicted molar refractivity (Wildman–Crippen MR) is 73.6 cm³/mol. The Bertz CT molecular complexity index is 469. The fourth-order valence-electron chi connectivity index (χ4n) is 1.66. The van der Waals surface area contributed by atoms with Crippen LogP contribution in [0.15, 0.2) is 29.2 Å². The number of aliphatic hydroxyl groups is 1. The average Bonchev–Trinajstić information content (AvgIpc) is 2.35. The lowest BCUT2D eigenvalue weighted by atomic mass is 10.2. The summed E-state index contributed by atoms with van der Waals surface area (Å²) in [5.41, 5.74) is 0.643. The third kappa shape index (κ3) is 4.31. The molecule has 0 fully saturated rings. The highest BCUT2D eigenvalue weighted by Gasteiger charge is 2.15. The molecular weight excluding hydrogens is 250 g/mol. The van der Waals surface area contributed by atoms with Gasteiger partial charge in [-0.3, -0.25) is 0 Å². The van der Waals surface area contributed by atoms with E-state index < -0.39 is 9.84 Å². The van der Waals surface area contributed by atoms with Crippen LogP contribution in [0.25, 0.3) is 0 Å². The van der Waals surface area contributed by atoms with E-state index in [-0.39, 0.29) is 11.9 Å². The van der Waals surface area contributed by atoms with Crippen LogP contribution < -0.4 is 5.32 Å². The van der Waals surface area contributed by atoms with Crippen molar-refractivity contribution in [1.82, 2.24) is 0 Å². The number of para-hydroxylation sites is 1. The second-order valence-corrected chi connectivity index (χ2v) is 6.56. The van der Waals surface area contributed by atoms with Crippen molar-refractivity contribution in [2.75, 3.05) is 17.6 Å². The van der Waals surface area contributed by atoms with E-state index in [4.69, 9.17) is 5.11 Å². The summed E-state index contributed by atoms with van der Waals surface area (Å²) in [7, 11) is -3.19. The SMILES string of the molecule is CCS(=O)(=O)c1ccccc1NCCCC(C)O. The molecule has 0 amide bonds. The van der Waals surface area contributed by atoms with Crippen LogP contribution in [0.4, 0.5) is 5.69 Å². The summed E-state index contributed by atoms with van der Waals surface area (Å²) in [5, 5.41) is 12.3. The molecule has 18 heavy (non-hydrogen) atoms. The largest absolute Gasteiger partial charge is 0.393 e. The van der Waals surface area contributed by atoms with Crippen molar-refractivity contribution >= 4 is 15.5 Å². The van der Waals surface area contributed by atoms with Gasteiger partial charge in [0.15, 0.2) is 9.84 Å². The first-order chi connectivity index (χ1) is 8.47. The van der Waals surface area contributed by atoms with E-state index in [9.17, 15) is 8.42 Å². The Morgan fingerprint density at radius 2 is 2.00 bits per heavy atom. The third-order valence-electron chi connectivity index (χ3n) is 2.72. The van der Waals surface area contributed by atoms with Crippen LogP contribution in [-0.4, -0.2) is 31.9 Å². The van der Waals surface area contributed by atoms with Crippen molar-refractivity contribution in [2.45, 2.75) is 37.7 Å². The second-order valence-electron chi connectivity index (χ2n) is 4.32. The van der Waals surface area contributed by atoms with Gasteiger partial charge >= 0.3 is 0 Å². The van der Waals surface area contributed by atoms with E-state index in [1.807, 2.05) is 6.07 Å². The zero-order chi connectivity index (χ0) is 13.6. The molecule has 4 nitrogen and oxygen atoms in total. The summed E-state index contributed by atoms with van der Waals surface area (Å²) in [6, 6.07) is 6.93. The molecule has 1 rings (SSSR count). The molecular formula is C13H21NO3S. The van der Waals surface area contributed by atoms with Crippen LogP contribution in [0.3, 0.4) is 0 Å². The van der Waals surface area contributed by atoms with Crippen LogP contribution in [0, 0.1) is 0 Å². The van der Waals surface area contributed by atoms with Gasteiger partial charge in [0.1, 0.15) is 0 Å². The molecule has 0 aromatic heterocycles. The summed E-state index contributed by atoms with van der Waals surface area (Å²) in [6.45, 7) is 4.04. The first kappa shape index (κ1) is 15.0. The summed E-state index contributed by atoms with van der Waals surface area (Å²) in [5.74, 6) is 0.0966. The van der Waals surface area contributed by atoms with E-state index in [1.54, 1.807) is 32.0 Å².